The van der Waals surface area contributed by atoms with E-state index in [4.69, 9.17) is 9.72 Å². The van der Waals surface area contributed by atoms with Crippen LogP contribution in [0.15, 0.2) is 41.9 Å². The SMILES string of the molecule is Cc1cc(-c2csc(-c3ccc4[nH]ncc4c3)n2)cc2c1OCC(=O)N2. The number of H-pyrrole nitrogens is 1. The molecule has 0 saturated heterocycles. The van der Waals surface area contributed by atoms with Gasteiger partial charge in [0.2, 0.25) is 0 Å². The van der Waals surface area contributed by atoms with Crippen molar-refractivity contribution in [3.05, 3.63) is 47.5 Å². The van der Waals surface area contributed by atoms with Gasteiger partial charge in [-0.1, -0.05) is 0 Å². The molecule has 2 aromatic heterocycles. The van der Waals surface area contributed by atoms with Gasteiger partial charge in [0.1, 0.15) is 10.8 Å². The van der Waals surface area contributed by atoms with E-state index in [-0.39, 0.29) is 12.5 Å². The van der Waals surface area contributed by atoms with Crippen LogP contribution in [0.1, 0.15) is 5.56 Å². The van der Waals surface area contributed by atoms with Gasteiger partial charge in [-0.2, -0.15) is 5.10 Å². The third-order valence-electron chi connectivity index (χ3n) is 4.38. The molecule has 7 heteroatoms. The van der Waals surface area contributed by atoms with Crippen LogP contribution >= 0.6 is 11.3 Å². The quantitative estimate of drug-likeness (QED) is 0.565. The number of aromatic nitrogens is 3. The van der Waals surface area contributed by atoms with Crippen LogP contribution in [0.25, 0.3) is 32.7 Å². The zero-order chi connectivity index (χ0) is 17.7. The minimum Gasteiger partial charge on any atom is -0.481 e. The Morgan fingerprint density at radius 1 is 1.19 bits per heavy atom. The van der Waals surface area contributed by atoms with Crippen molar-refractivity contribution >= 4 is 33.8 Å². The van der Waals surface area contributed by atoms with Crippen LogP contribution in [-0.2, 0) is 4.79 Å². The third-order valence-corrected chi connectivity index (χ3v) is 5.27. The van der Waals surface area contributed by atoms with Gasteiger partial charge in [0.15, 0.2) is 6.61 Å². The summed E-state index contributed by atoms with van der Waals surface area (Å²) in [6.45, 7) is 2.03. The lowest BCUT2D eigenvalue weighted by Crippen LogP contribution is -2.25. The highest BCUT2D eigenvalue weighted by Gasteiger charge is 2.20. The fraction of sp³-hybridized carbons (Fsp3) is 0.105. The second-order valence-electron chi connectivity index (χ2n) is 6.22. The number of thiazole rings is 1. The number of fused-ring (bicyclic) bond motifs is 2. The number of amides is 1. The van der Waals surface area contributed by atoms with Crippen LogP contribution in [0.5, 0.6) is 5.75 Å². The average molecular weight is 362 g/mol. The Hall–Kier alpha value is -3.19. The minimum absolute atomic E-state index is 0.0600. The Bertz CT molecular complexity index is 1160. The van der Waals surface area contributed by atoms with Crippen molar-refractivity contribution in [1.82, 2.24) is 15.2 Å². The number of benzene rings is 2. The highest BCUT2D eigenvalue weighted by molar-refractivity contribution is 7.13. The monoisotopic (exact) mass is 362 g/mol. The number of nitrogens with one attached hydrogen (secondary N) is 2. The first-order valence-corrected chi connectivity index (χ1v) is 9.02. The fourth-order valence-corrected chi connectivity index (χ4v) is 3.97. The number of carbonyl (C=O) groups excluding carboxylic acids is 1. The molecule has 0 saturated carbocycles. The molecule has 0 bridgehead atoms. The summed E-state index contributed by atoms with van der Waals surface area (Å²) in [5.41, 5.74) is 5.58. The Morgan fingerprint density at radius 2 is 2.12 bits per heavy atom. The van der Waals surface area contributed by atoms with E-state index < -0.39 is 0 Å². The summed E-state index contributed by atoms with van der Waals surface area (Å²) >= 11 is 1.59. The number of aromatic amines is 1. The highest BCUT2D eigenvalue weighted by atomic mass is 32.1. The Kier molecular flexibility index (Phi) is 3.29. The lowest BCUT2D eigenvalue weighted by Gasteiger charge is -2.20. The van der Waals surface area contributed by atoms with E-state index in [2.05, 4.69) is 21.6 Å². The van der Waals surface area contributed by atoms with Gasteiger partial charge in [0.25, 0.3) is 5.91 Å². The smallest absolute Gasteiger partial charge is 0.262 e. The van der Waals surface area contributed by atoms with Gasteiger partial charge in [-0.25, -0.2) is 4.98 Å². The van der Waals surface area contributed by atoms with E-state index in [0.29, 0.717) is 5.69 Å². The van der Waals surface area contributed by atoms with Crippen LogP contribution < -0.4 is 10.1 Å². The van der Waals surface area contributed by atoms with Crippen molar-refractivity contribution in [2.75, 3.05) is 11.9 Å². The molecule has 128 valence electrons. The lowest BCUT2D eigenvalue weighted by molar-refractivity contribution is -0.118. The second-order valence-corrected chi connectivity index (χ2v) is 7.07. The zero-order valence-electron chi connectivity index (χ0n) is 13.9. The second kappa shape index (κ2) is 5.67. The van der Waals surface area contributed by atoms with Crippen LogP contribution in [0, 0.1) is 6.92 Å². The molecule has 6 nitrogen and oxygen atoms in total. The molecule has 26 heavy (non-hydrogen) atoms. The maximum Gasteiger partial charge on any atom is 0.262 e. The van der Waals surface area contributed by atoms with Gasteiger partial charge in [0, 0.05) is 21.9 Å². The molecule has 0 atom stereocenters. The summed E-state index contributed by atoms with van der Waals surface area (Å²) in [4.78, 5) is 16.4. The van der Waals surface area contributed by atoms with Crippen molar-refractivity contribution in [2.24, 2.45) is 0 Å². The summed E-state index contributed by atoms with van der Waals surface area (Å²) in [5, 5.41) is 13.9. The predicted molar refractivity (Wildman–Crippen MR) is 101 cm³/mol. The van der Waals surface area contributed by atoms with E-state index in [0.717, 1.165) is 44.0 Å². The molecule has 1 amide bonds. The number of hydrogen-bond donors (Lipinski definition) is 2. The molecule has 0 unspecified atom stereocenters. The minimum atomic E-state index is -0.138. The Morgan fingerprint density at radius 3 is 3.04 bits per heavy atom. The molecule has 3 heterocycles. The molecule has 2 N–H and O–H groups in total. The Labute approximate surface area is 152 Å². The number of anilines is 1. The molecule has 1 aliphatic heterocycles. The summed E-state index contributed by atoms with van der Waals surface area (Å²) in [7, 11) is 0. The highest BCUT2D eigenvalue weighted by Crippen LogP contribution is 2.37. The zero-order valence-corrected chi connectivity index (χ0v) is 14.7. The van der Waals surface area contributed by atoms with Gasteiger partial charge in [-0.05, 0) is 42.8 Å². The predicted octanol–water partition coefficient (Wildman–Crippen LogP) is 3.99. The molecule has 0 spiro atoms. The number of rotatable bonds is 2. The van der Waals surface area contributed by atoms with Crippen molar-refractivity contribution < 1.29 is 9.53 Å². The van der Waals surface area contributed by atoms with Crippen LogP contribution in [0.4, 0.5) is 5.69 Å². The molecular formula is C19H14N4O2S. The van der Waals surface area contributed by atoms with Crippen molar-refractivity contribution in [3.63, 3.8) is 0 Å². The first-order chi connectivity index (χ1) is 12.7. The molecule has 1 aliphatic rings. The number of aryl methyl sites for hydroxylation is 1. The standard InChI is InChI=1S/C19H14N4O2S/c1-10-4-12(6-15-18(10)25-8-17(24)21-15)16-9-26-19(22-16)11-2-3-14-13(5-11)7-20-23-14/h2-7,9H,8H2,1H3,(H,20,23)(H,21,24). The maximum atomic E-state index is 11.6. The lowest BCUT2D eigenvalue weighted by atomic mass is 10.1. The van der Waals surface area contributed by atoms with Gasteiger partial charge in [-0.15, -0.1) is 11.3 Å². The largest absolute Gasteiger partial charge is 0.481 e. The maximum absolute atomic E-state index is 11.6. The molecule has 5 rings (SSSR count). The number of carbonyl (C=O) groups is 1. The first-order valence-electron chi connectivity index (χ1n) is 8.14. The fourth-order valence-electron chi connectivity index (χ4n) is 3.14. The topological polar surface area (TPSA) is 79.9 Å². The number of nitrogens with zero attached hydrogens (tertiary/aromatic N) is 2. The van der Waals surface area contributed by atoms with Crippen LogP contribution in [0.2, 0.25) is 0 Å². The van der Waals surface area contributed by atoms with Crippen LogP contribution in [0.3, 0.4) is 0 Å². The van der Waals surface area contributed by atoms with Gasteiger partial charge in [-0.3, -0.25) is 9.89 Å². The van der Waals surface area contributed by atoms with E-state index in [1.165, 1.54) is 0 Å². The molecule has 0 fully saturated rings. The normalized spacial score (nSPS) is 13.3. The van der Waals surface area contributed by atoms with E-state index >= 15 is 0 Å². The van der Waals surface area contributed by atoms with Gasteiger partial charge < -0.3 is 10.1 Å². The van der Waals surface area contributed by atoms with Crippen molar-refractivity contribution in [1.29, 1.82) is 0 Å². The summed E-state index contributed by atoms with van der Waals surface area (Å²) in [5.74, 6) is 0.593. The first kappa shape index (κ1) is 15.1. The number of hydrogen-bond acceptors (Lipinski definition) is 5. The third kappa shape index (κ3) is 2.44. The molecule has 2 aromatic carbocycles. The summed E-state index contributed by atoms with van der Waals surface area (Å²) < 4.78 is 5.53. The molecule has 0 aliphatic carbocycles. The number of ether oxygens (including phenoxy) is 1. The van der Waals surface area contributed by atoms with E-state index in [1.807, 2.05) is 42.8 Å². The Balaban J connectivity index is 1.55. The van der Waals surface area contributed by atoms with Crippen molar-refractivity contribution in [3.8, 4) is 27.6 Å². The van der Waals surface area contributed by atoms with E-state index in [9.17, 15) is 4.79 Å². The molecule has 0 radical (unpaired) electrons. The van der Waals surface area contributed by atoms with Crippen molar-refractivity contribution in [2.45, 2.75) is 6.92 Å². The molecular weight excluding hydrogens is 348 g/mol. The van der Waals surface area contributed by atoms with Crippen LogP contribution in [-0.4, -0.2) is 27.7 Å². The molecule has 4 aromatic rings. The van der Waals surface area contributed by atoms with Gasteiger partial charge in [0.05, 0.1) is 23.1 Å². The summed E-state index contributed by atoms with van der Waals surface area (Å²) in [6.07, 6.45) is 1.81. The van der Waals surface area contributed by atoms with E-state index in [1.54, 1.807) is 11.3 Å². The average Bonchev–Trinajstić information content (AvgIpc) is 3.30. The summed E-state index contributed by atoms with van der Waals surface area (Å²) in [6, 6.07) is 10.1. The van der Waals surface area contributed by atoms with Gasteiger partial charge >= 0.3 is 0 Å².